The molecule has 6 nitrogen and oxygen atoms in total. The quantitative estimate of drug-likeness (QED) is 0.564. The van der Waals surface area contributed by atoms with Crippen LogP contribution in [0.2, 0.25) is 0 Å². The minimum Gasteiger partial charge on any atom is -0.309 e. The molecule has 0 spiro atoms. The average molecular weight is 406 g/mol. The van der Waals surface area contributed by atoms with Crippen LogP contribution in [-0.2, 0) is 6.54 Å². The monoisotopic (exact) mass is 405 g/mol. The van der Waals surface area contributed by atoms with E-state index in [9.17, 15) is 4.79 Å². The molecule has 148 valence electrons. The second-order valence-corrected chi connectivity index (χ2v) is 8.65. The maximum Gasteiger partial charge on any atom is 0.258 e. The molecule has 0 saturated carbocycles. The zero-order chi connectivity index (χ0) is 19.8. The van der Waals surface area contributed by atoms with Crippen LogP contribution in [-0.4, -0.2) is 50.9 Å². The molecule has 1 atom stereocenters. The summed E-state index contributed by atoms with van der Waals surface area (Å²) in [4.78, 5) is 29.7. The van der Waals surface area contributed by atoms with Gasteiger partial charge >= 0.3 is 0 Å². The highest BCUT2D eigenvalue weighted by molar-refractivity contribution is 7.18. The van der Waals surface area contributed by atoms with Crippen LogP contribution in [0.25, 0.3) is 21.1 Å². The molecule has 5 rings (SSSR count). The van der Waals surface area contributed by atoms with E-state index in [-0.39, 0.29) is 11.6 Å². The van der Waals surface area contributed by atoms with Crippen LogP contribution < -0.4 is 5.56 Å². The van der Waals surface area contributed by atoms with E-state index in [2.05, 4.69) is 39.9 Å². The topological polar surface area (TPSA) is 65.1 Å². The number of thiazole rings is 1. The lowest BCUT2D eigenvalue weighted by Crippen LogP contribution is -2.47. The summed E-state index contributed by atoms with van der Waals surface area (Å²) in [6, 6.07) is 15.9. The molecule has 4 aromatic rings. The minimum absolute atomic E-state index is 0.0630. The number of rotatable bonds is 4. The van der Waals surface area contributed by atoms with E-state index in [0.29, 0.717) is 5.39 Å². The normalized spacial score (nSPS) is 17.1. The Balaban J connectivity index is 1.26. The number of piperazine rings is 1. The smallest absolute Gasteiger partial charge is 0.258 e. The molecule has 7 heteroatoms. The second-order valence-electron chi connectivity index (χ2n) is 7.53. The molecule has 1 fully saturated rings. The Morgan fingerprint density at radius 1 is 1.00 bits per heavy atom. The molecule has 2 aromatic carbocycles. The van der Waals surface area contributed by atoms with Crippen LogP contribution >= 0.6 is 11.3 Å². The van der Waals surface area contributed by atoms with Crippen molar-refractivity contribution in [3.05, 3.63) is 69.7 Å². The summed E-state index contributed by atoms with van der Waals surface area (Å²) in [6.07, 6.45) is 0. The number of hydrogen-bond acceptors (Lipinski definition) is 6. The van der Waals surface area contributed by atoms with Crippen LogP contribution in [0, 0.1) is 0 Å². The summed E-state index contributed by atoms with van der Waals surface area (Å²) in [5.41, 5.74) is 1.78. The van der Waals surface area contributed by atoms with Gasteiger partial charge in [-0.25, -0.2) is 9.97 Å². The maximum absolute atomic E-state index is 12.4. The number of benzene rings is 2. The predicted molar refractivity (Wildman–Crippen MR) is 117 cm³/mol. The van der Waals surface area contributed by atoms with Crippen LogP contribution in [0.5, 0.6) is 0 Å². The van der Waals surface area contributed by atoms with Crippen LogP contribution in [0.3, 0.4) is 0 Å². The first-order valence-electron chi connectivity index (χ1n) is 9.97. The Morgan fingerprint density at radius 2 is 1.72 bits per heavy atom. The van der Waals surface area contributed by atoms with Gasteiger partial charge in [0.15, 0.2) is 0 Å². The molecule has 0 bridgehead atoms. The molecule has 0 radical (unpaired) electrons. The first-order valence-corrected chi connectivity index (χ1v) is 10.8. The molecule has 2 aromatic heterocycles. The lowest BCUT2D eigenvalue weighted by atomic mass is 10.2. The summed E-state index contributed by atoms with van der Waals surface area (Å²) in [5.74, 6) is 0.744. The third-order valence-corrected chi connectivity index (χ3v) is 6.70. The van der Waals surface area contributed by atoms with Gasteiger partial charge in [-0.15, -0.1) is 11.3 Å². The van der Waals surface area contributed by atoms with Gasteiger partial charge in [0.1, 0.15) is 10.8 Å². The zero-order valence-corrected chi connectivity index (χ0v) is 17.2. The highest BCUT2D eigenvalue weighted by atomic mass is 32.1. The largest absolute Gasteiger partial charge is 0.309 e. The van der Waals surface area contributed by atoms with Gasteiger partial charge in [0.05, 0.1) is 33.7 Å². The van der Waals surface area contributed by atoms with E-state index in [1.807, 2.05) is 30.3 Å². The zero-order valence-electron chi connectivity index (χ0n) is 16.3. The maximum atomic E-state index is 12.4. The summed E-state index contributed by atoms with van der Waals surface area (Å²) >= 11 is 1.78. The molecule has 1 saturated heterocycles. The Labute approximate surface area is 172 Å². The summed E-state index contributed by atoms with van der Waals surface area (Å²) in [7, 11) is 0. The lowest BCUT2D eigenvalue weighted by molar-refractivity contribution is 0.0948. The van der Waals surface area contributed by atoms with Crippen molar-refractivity contribution < 1.29 is 0 Å². The van der Waals surface area contributed by atoms with E-state index in [1.165, 1.54) is 9.71 Å². The predicted octanol–water partition coefficient (Wildman–Crippen LogP) is 3.41. The fourth-order valence-corrected chi connectivity index (χ4v) is 4.97. The van der Waals surface area contributed by atoms with E-state index >= 15 is 0 Å². The molecule has 1 N–H and O–H groups in total. The molecular formula is C22H23N5OS. The fourth-order valence-electron chi connectivity index (χ4n) is 3.96. The van der Waals surface area contributed by atoms with Gasteiger partial charge in [0.2, 0.25) is 0 Å². The first-order chi connectivity index (χ1) is 14.2. The summed E-state index contributed by atoms with van der Waals surface area (Å²) in [5, 5.41) is 1.82. The van der Waals surface area contributed by atoms with Crippen molar-refractivity contribution >= 4 is 32.5 Å². The number of hydrogen-bond donors (Lipinski definition) is 1. The number of H-pyrrole nitrogens is 1. The molecule has 3 heterocycles. The Hall–Kier alpha value is -2.61. The molecule has 1 aliphatic rings. The number of aromatic nitrogens is 3. The van der Waals surface area contributed by atoms with Crippen molar-refractivity contribution in [2.24, 2.45) is 0 Å². The van der Waals surface area contributed by atoms with E-state index in [1.54, 1.807) is 11.3 Å². The standard InChI is InChI=1S/C22H23N5OS/c1-15(21-24-17-7-3-2-6-16(17)22(28)25-21)27-12-10-26(11-13-27)14-20-23-18-8-4-5-9-19(18)29-20/h2-9,15H,10-14H2,1H3,(H,24,25,28). The molecule has 0 aliphatic carbocycles. The van der Waals surface area contributed by atoms with Crippen molar-refractivity contribution in [3.63, 3.8) is 0 Å². The van der Waals surface area contributed by atoms with E-state index in [4.69, 9.17) is 9.97 Å². The molecular weight excluding hydrogens is 382 g/mol. The second kappa shape index (κ2) is 7.67. The first kappa shape index (κ1) is 18.4. The van der Waals surface area contributed by atoms with Gasteiger partial charge in [0.25, 0.3) is 5.56 Å². The van der Waals surface area contributed by atoms with Gasteiger partial charge in [0, 0.05) is 26.2 Å². The van der Waals surface area contributed by atoms with Gasteiger partial charge in [-0.3, -0.25) is 14.6 Å². The van der Waals surface area contributed by atoms with Crippen molar-refractivity contribution in [1.29, 1.82) is 0 Å². The van der Waals surface area contributed by atoms with Crippen LogP contribution in [0.4, 0.5) is 0 Å². The molecule has 0 amide bonds. The van der Waals surface area contributed by atoms with Crippen molar-refractivity contribution in [2.45, 2.75) is 19.5 Å². The molecule has 1 aliphatic heterocycles. The summed E-state index contributed by atoms with van der Waals surface area (Å²) < 4.78 is 1.25. The highest BCUT2D eigenvalue weighted by Crippen LogP contribution is 2.24. The van der Waals surface area contributed by atoms with Gasteiger partial charge < -0.3 is 4.98 Å². The Bertz CT molecular complexity index is 1180. The van der Waals surface area contributed by atoms with Crippen molar-refractivity contribution in [3.8, 4) is 0 Å². The van der Waals surface area contributed by atoms with E-state index in [0.717, 1.165) is 49.6 Å². The van der Waals surface area contributed by atoms with Crippen LogP contribution in [0.1, 0.15) is 23.8 Å². The van der Waals surface area contributed by atoms with Gasteiger partial charge in [-0.05, 0) is 31.2 Å². The molecule has 29 heavy (non-hydrogen) atoms. The third-order valence-electron chi connectivity index (χ3n) is 5.68. The Morgan fingerprint density at radius 3 is 2.52 bits per heavy atom. The Kier molecular flexibility index (Phi) is 4.87. The number of aromatic amines is 1. The van der Waals surface area contributed by atoms with Crippen molar-refractivity contribution in [2.75, 3.05) is 26.2 Å². The lowest BCUT2D eigenvalue weighted by Gasteiger charge is -2.37. The number of nitrogens with zero attached hydrogens (tertiary/aromatic N) is 4. The minimum atomic E-state index is -0.0630. The van der Waals surface area contributed by atoms with Gasteiger partial charge in [-0.2, -0.15) is 0 Å². The highest BCUT2D eigenvalue weighted by Gasteiger charge is 2.24. The number of fused-ring (bicyclic) bond motifs is 2. The fraction of sp³-hybridized carbons (Fsp3) is 0.318. The molecule has 1 unspecified atom stereocenters. The SMILES string of the molecule is CC(c1nc2ccccc2c(=O)[nH]1)N1CCN(Cc2nc3ccccc3s2)CC1. The number of para-hydroxylation sites is 2. The average Bonchev–Trinajstić information content (AvgIpc) is 3.16. The summed E-state index contributed by atoms with van der Waals surface area (Å²) in [6.45, 7) is 6.88. The van der Waals surface area contributed by atoms with Crippen molar-refractivity contribution in [1.82, 2.24) is 24.8 Å². The van der Waals surface area contributed by atoms with Crippen LogP contribution in [0.15, 0.2) is 53.3 Å². The van der Waals surface area contributed by atoms with E-state index < -0.39 is 0 Å². The van der Waals surface area contributed by atoms with Gasteiger partial charge in [-0.1, -0.05) is 24.3 Å². The number of nitrogens with one attached hydrogen (secondary N) is 1. The third kappa shape index (κ3) is 3.69.